The molecule has 0 aliphatic carbocycles. The summed E-state index contributed by atoms with van der Waals surface area (Å²) in [5.41, 5.74) is 0.862. The third kappa shape index (κ3) is 5.69. The van der Waals surface area contributed by atoms with Crippen molar-refractivity contribution in [3.05, 3.63) is 29.8 Å². The van der Waals surface area contributed by atoms with Crippen LogP contribution >= 0.6 is 0 Å². The van der Waals surface area contributed by atoms with E-state index in [0.717, 1.165) is 50.6 Å². The van der Waals surface area contributed by atoms with Gasteiger partial charge in [-0.05, 0) is 51.4 Å². The summed E-state index contributed by atoms with van der Waals surface area (Å²) in [5.74, 6) is 0.865. The maximum Gasteiger partial charge on any atom is 0.240 e. The summed E-state index contributed by atoms with van der Waals surface area (Å²) >= 11 is 0. The van der Waals surface area contributed by atoms with Crippen molar-refractivity contribution in [3.63, 3.8) is 0 Å². The van der Waals surface area contributed by atoms with Crippen LogP contribution in [0.1, 0.15) is 32.3 Å². The van der Waals surface area contributed by atoms with Gasteiger partial charge in [0, 0.05) is 26.2 Å². The maximum absolute atomic E-state index is 11.9. The molecule has 146 valence electrons. The van der Waals surface area contributed by atoms with E-state index < -0.39 is 10.0 Å². The van der Waals surface area contributed by atoms with E-state index in [0.29, 0.717) is 12.6 Å². The molecule has 1 fully saturated rings. The number of nitrogens with one attached hydrogen (secondary N) is 2. The molecule has 1 aliphatic rings. The lowest BCUT2D eigenvalue weighted by Crippen LogP contribution is -2.47. The van der Waals surface area contributed by atoms with Crippen LogP contribution in [0, 0.1) is 0 Å². The highest BCUT2D eigenvalue weighted by Gasteiger charge is 2.21. The molecule has 26 heavy (non-hydrogen) atoms. The molecule has 0 spiro atoms. The second-order valence-electron chi connectivity index (χ2n) is 6.17. The molecule has 0 atom stereocenters. The zero-order chi connectivity index (χ0) is 19.0. The van der Waals surface area contributed by atoms with Crippen LogP contribution in [0.4, 0.5) is 0 Å². The molecule has 8 heteroatoms. The first-order valence-corrected chi connectivity index (χ1v) is 10.7. The molecular formula is C18H30N4O3S. The Hall–Kier alpha value is -1.64. The van der Waals surface area contributed by atoms with Gasteiger partial charge in [0.25, 0.3) is 0 Å². The van der Waals surface area contributed by atoms with Crippen molar-refractivity contribution in [1.29, 1.82) is 0 Å². The molecule has 2 N–H and O–H groups in total. The number of hydrogen-bond acceptors (Lipinski definition) is 4. The third-order valence-corrected chi connectivity index (χ3v) is 5.78. The predicted molar refractivity (Wildman–Crippen MR) is 104 cm³/mol. The monoisotopic (exact) mass is 382 g/mol. The summed E-state index contributed by atoms with van der Waals surface area (Å²) in [7, 11) is -2.03. The van der Waals surface area contributed by atoms with Crippen LogP contribution in [0.15, 0.2) is 34.2 Å². The molecule has 1 aromatic rings. The summed E-state index contributed by atoms with van der Waals surface area (Å²) in [4.78, 5) is 7.21. The number of ether oxygens (including phenoxy) is 1. The molecule has 0 aromatic heterocycles. The number of guanidine groups is 1. The van der Waals surface area contributed by atoms with Crippen LogP contribution in [0.3, 0.4) is 0 Å². The van der Waals surface area contributed by atoms with Crippen molar-refractivity contribution in [1.82, 2.24) is 14.9 Å². The Balaban J connectivity index is 2.07. The lowest BCUT2D eigenvalue weighted by Gasteiger charge is -2.34. The number of aliphatic imine (C=N–C) groups is 1. The Labute approximate surface area is 156 Å². The number of hydrogen-bond donors (Lipinski definition) is 2. The highest BCUT2D eigenvalue weighted by molar-refractivity contribution is 7.89. The molecule has 1 saturated heterocycles. The fourth-order valence-corrected chi connectivity index (χ4v) is 3.79. The molecule has 0 amide bonds. The quantitative estimate of drug-likeness (QED) is 0.552. The van der Waals surface area contributed by atoms with Gasteiger partial charge in [0.15, 0.2) is 5.96 Å². The number of sulfonamides is 1. The van der Waals surface area contributed by atoms with Crippen LogP contribution < -0.4 is 10.0 Å². The Morgan fingerprint density at radius 3 is 2.65 bits per heavy atom. The van der Waals surface area contributed by atoms with E-state index in [1.807, 2.05) is 19.9 Å². The van der Waals surface area contributed by atoms with E-state index in [-0.39, 0.29) is 4.90 Å². The van der Waals surface area contributed by atoms with Gasteiger partial charge in [-0.25, -0.2) is 18.1 Å². The minimum Gasteiger partial charge on any atom is -0.378 e. The van der Waals surface area contributed by atoms with Gasteiger partial charge in [0.1, 0.15) is 0 Å². The SMILES string of the molecule is CCNC(=NCc1cccc(S(=O)(=O)NC)c1)N1CCC(OCC)CC1. The van der Waals surface area contributed by atoms with E-state index >= 15 is 0 Å². The first kappa shape index (κ1) is 20.7. The molecule has 2 rings (SSSR count). The number of rotatable bonds is 7. The normalized spacial score (nSPS) is 16.7. The van der Waals surface area contributed by atoms with Gasteiger partial charge in [-0.3, -0.25) is 0 Å². The number of benzene rings is 1. The van der Waals surface area contributed by atoms with Crippen molar-refractivity contribution in [2.45, 2.75) is 44.2 Å². The third-order valence-electron chi connectivity index (χ3n) is 4.37. The minimum atomic E-state index is -3.44. The highest BCUT2D eigenvalue weighted by Crippen LogP contribution is 2.15. The fraction of sp³-hybridized carbons (Fsp3) is 0.611. The predicted octanol–water partition coefficient (Wildman–Crippen LogP) is 1.56. The summed E-state index contributed by atoms with van der Waals surface area (Å²) < 4.78 is 31.9. The average Bonchev–Trinajstić information content (AvgIpc) is 2.66. The van der Waals surface area contributed by atoms with Crippen LogP contribution in [0.5, 0.6) is 0 Å². The molecular weight excluding hydrogens is 352 g/mol. The van der Waals surface area contributed by atoms with Gasteiger partial charge >= 0.3 is 0 Å². The van der Waals surface area contributed by atoms with E-state index in [4.69, 9.17) is 9.73 Å². The van der Waals surface area contributed by atoms with Crippen molar-refractivity contribution < 1.29 is 13.2 Å². The topological polar surface area (TPSA) is 83.0 Å². The molecule has 1 heterocycles. The van der Waals surface area contributed by atoms with E-state index in [1.165, 1.54) is 7.05 Å². The van der Waals surface area contributed by atoms with Crippen molar-refractivity contribution in [2.75, 3.05) is 33.3 Å². The van der Waals surface area contributed by atoms with Crippen LogP contribution in [0.25, 0.3) is 0 Å². The van der Waals surface area contributed by atoms with Crippen LogP contribution in [0.2, 0.25) is 0 Å². The summed E-state index contributed by atoms with van der Waals surface area (Å²) in [6.45, 7) is 7.86. The van der Waals surface area contributed by atoms with Gasteiger partial charge in [-0.2, -0.15) is 0 Å². The zero-order valence-corrected chi connectivity index (χ0v) is 16.7. The van der Waals surface area contributed by atoms with Crippen LogP contribution in [-0.4, -0.2) is 58.7 Å². The lowest BCUT2D eigenvalue weighted by molar-refractivity contribution is 0.0263. The first-order chi connectivity index (χ1) is 12.5. The number of nitrogens with zero attached hydrogens (tertiary/aromatic N) is 2. The van der Waals surface area contributed by atoms with Crippen molar-refractivity contribution in [2.24, 2.45) is 4.99 Å². The molecule has 7 nitrogen and oxygen atoms in total. The van der Waals surface area contributed by atoms with Gasteiger partial charge < -0.3 is 15.0 Å². The first-order valence-electron chi connectivity index (χ1n) is 9.17. The van der Waals surface area contributed by atoms with Gasteiger partial charge in [0.05, 0.1) is 17.5 Å². The van der Waals surface area contributed by atoms with E-state index in [1.54, 1.807) is 18.2 Å². The molecule has 1 aliphatic heterocycles. The Morgan fingerprint density at radius 1 is 1.31 bits per heavy atom. The molecule has 0 saturated carbocycles. The van der Waals surface area contributed by atoms with Gasteiger partial charge in [0.2, 0.25) is 10.0 Å². The average molecular weight is 383 g/mol. The lowest BCUT2D eigenvalue weighted by atomic mass is 10.1. The largest absolute Gasteiger partial charge is 0.378 e. The van der Waals surface area contributed by atoms with Crippen molar-refractivity contribution in [3.8, 4) is 0 Å². The Kier molecular flexibility index (Phi) is 7.86. The molecule has 0 bridgehead atoms. The Morgan fingerprint density at radius 2 is 2.04 bits per heavy atom. The summed E-state index contributed by atoms with van der Waals surface area (Å²) in [5, 5.41) is 3.33. The minimum absolute atomic E-state index is 0.259. The smallest absolute Gasteiger partial charge is 0.240 e. The molecule has 1 aromatic carbocycles. The van der Waals surface area contributed by atoms with E-state index in [2.05, 4.69) is 14.9 Å². The maximum atomic E-state index is 11.9. The highest BCUT2D eigenvalue weighted by atomic mass is 32.2. The number of likely N-dealkylation sites (tertiary alicyclic amines) is 1. The van der Waals surface area contributed by atoms with Gasteiger partial charge in [-0.1, -0.05) is 12.1 Å². The molecule has 0 unspecified atom stereocenters. The second-order valence-corrected chi connectivity index (χ2v) is 8.05. The second kappa shape index (κ2) is 9.89. The van der Waals surface area contributed by atoms with E-state index in [9.17, 15) is 8.42 Å². The zero-order valence-electron chi connectivity index (χ0n) is 15.9. The van der Waals surface area contributed by atoms with Crippen LogP contribution in [-0.2, 0) is 21.3 Å². The summed E-state index contributed by atoms with van der Waals surface area (Å²) in [6, 6.07) is 6.89. The Bertz CT molecular complexity index is 698. The van der Waals surface area contributed by atoms with Crippen molar-refractivity contribution >= 4 is 16.0 Å². The standard InChI is InChI=1S/C18H30N4O3S/c1-4-20-18(22-11-9-16(10-12-22)25-5-2)21-14-15-7-6-8-17(13-15)26(23,24)19-3/h6-8,13,16,19H,4-5,9-12,14H2,1-3H3,(H,20,21). The summed E-state index contributed by atoms with van der Waals surface area (Å²) in [6.07, 6.45) is 2.32. The van der Waals surface area contributed by atoms with Gasteiger partial charge in [-0.15, -0.1) is 0 Å². The molecule has 0 radical (unpaired) electrons. The fourth-order valence-electron chi connectivity index (χ4n) is 2.99. The number of piperidine rings is 1.